The lowest BCUT2D eigenvalue weighted by atomic mass is 9.84. The van der Waals surface area contributed by atoms with Crippen LogP contribution in [-0.2, 0) is 20.9 Å². The van der Waals surface area contributed by atoms with Gasteiger partial charge in [-0.25, -0.2) is 0 Å². The minimum Gasteiger partial charge on any atom is -0.376 e. The van der Waals surface area contributed by atoms with Crippen LogP contribution in [-0.4, -0.2) is 66.0 Å². The number of nitrogens with one attached hydrogen (secondary N) is 1. The number of likely N-dealkylation sites (tertiary alicyclic amines) is 2. The molecule has 0 radical (unpaired) electrons. The summed E-state index contributed by atoms with van der Waals surface area (Å²) < 4.78 is 6.13. The van der Waals surface area contributed by atoms with Crippen LogP contribution in [0.3, 0.4) is 0 Å². The van der Waals surface area contributed by atoms with Crippen molar-refractivity contribution >= 4 is 23.2 Å². The third-order valence-corrected chi connectivity index (χ3v) is 7.37. The number of carbonyl (C=O) groups excluding carboxylic acids is 2. The van der Waals surface area contributed by atoms with E-state index in [4.69, 9.17) is 4.74 Å². The number of amides is 2. The van der Waals surface area contributed by atoms with Gasteiger partial charge in [0, 0.05) is 55.5 Å². The Morgan fingerprint density at radius 2 is 2.07 bits per heavy atom. The van der Waals surface area contributed by atoms with Gasteiger partial charge in [-0.2, -0.15) is 0 Å². The molecule has 0 unspecified atom stereocenters. The summed E-state index contributed by atoms with van der Waals surface area (Å²) in [5, 5.41) is 5.10. The van der Waals surface area contributed by atoms with Gasteiger partial charge in [0.05, 0.1) is 19.1 Å². The first-order chi connectivity index (χ1) is 14.0. The van der Waals surface area contributed by atoms with Crippen LogP contribution in [0.15, 0.2) is 17.5 Å². The smallest absolute Gasteiger partial charge is 0.222 e. The summed E-state index contributed by atoms with van der Waals surface area (Å²) in [6, 6.07) is 4.69. The molecule has 1 aromatic rings. The fourth-order valence-corrected chi connectivity index (χ4v) is 6.01. The van der Waals surface area contributed by atoms with E-state index in [2.05, 4.69) is 27.7 Å². The lowest BCUT2D eigenvalue weighted by molar-refractivity contribution is -0.131. The molecule has 29 heavy (non-hydrogen) atoms. The van der Waals surface area contributed by atoms with Crippen LogP contribution < -0.4 is 5.32 Å². The van der Waals surface area contributed by atoms with Gasteiger partial charge in [-0.3, -0.25) is 14.5 Å². The molecule has 0 saturated carbocycles. The molecule has 4 heterocycles. The number of carbonyl (C=O) groups is 2. The topological polar surface area (TPSA) is 61.9 Å². The van der Waals surface area contributed by atoms with Crippen molar-refractivity contribution in [1.82, 2.24) is 15.1 Å². The van der Waals surface area contributed by atoms with E-state index in [1.165, 1.54) is 4.88 Å². The van der Waals surface area contributed by atoms with Crippen molar-refractivity contribution in [3.8, 4) is 0 Å². The minimum absolute atomic E-state index is 0.0481. The normalized spacial score (nSPS) is 29.6. The van der Waals surface area contributed by atoms with Gasteiger partial charge in [-0.1, -0.05) is 6.07 Å². The summed E-state index contributed by atoms with van der Waals surface area (Å²) in [6.07, 6.45) is 3.11. The summed E-state index contributed by atoms with van der Waals surface area (Å²) in [6.45, 7) is 8.23. The van der Waals surface area contributed by atoms with E-state index in [1.807, 2.05) is 18.7 Å². The second-order valence-corrected chi connectivity index (χ2v) is 10.0. The summed E-state index contributed by atoms with van der Waals surface area (Å²) in [7, 11) is 0. The lowest BCUT2D eigenvalue weighted by Gasteiger charge is -2.25. The molecular formula is C22H33N3O3S. The van der Waals surface area contributed by atoms with E-state index in [1.54, 1.807) is 11.3 Å². The van der Waals surface area contributed by atoms with Gasteiger partial charge in [0.1, 0.15) is 0 Å². The standard InChI is InChI=1S/C22H33N3O3S/c1-15(2)23-20(26)11-19-22-16(10-21(27)24-7-3-4-8-24)12-25(18(22)14-28-19)13-17-6-5-9-29-17/h5-6,9,15-16,18-19,22H,3-4,7-8,10-14H2,1-2H3,(H,23,26)/t16-,18-,19+,22-/m1/s1. The third-order valence-electron chi connectivity index (χ3n) is 6.51. The second kappa shape index (κ2) is 9.14. The van der Waals surface area contributed by atoms with E-state index >= 15 is 0 Å². The van der Waals surface area contributed by atoms with E-state index in [0.29, 0.717) is 25.5 Å². The molecule has 3 saturated heterocycles. The van der Waals surface area contributed by atoms with Crippen molar-refractivity contribution in [1.29, 1.82) is 0 Å². The molecule has 1 aromatic heterocycles. The molecule has 0 aromatic carbocycles. The zero-order valence-corrected chi connectivity index (χ0v) is 18.3. The highest BCUT2D eigenvalue weighted by Gasteiger charge is 2.51. The number of thiophene rings is 1. The molecule has 3 aliphatic rings. The van der Waals surface area contributed by atoms with Gasteiger partial charge in [-0.05, 0) is 44.1 Å². The van der Waals surface area contributed by atoms with Crippen LogP contribution >= 0.6 is 11.3 Å². The van der Waals surface area contributed by atoms with E-state index in [0.717, 1.165) is 39.0 Å². The molecule has 3 aliphatic heterocycles. The molecular weight excluding hydrogens is 386 g/mol. The number of ether oxygens (including phenoxy) is 1. The van der Waals surface area contributed by atoms with Crippen molar-refractivity contribution < 1.29 is 14.3 Å². The quantitative estimate of drug-likeness (QED) is 0.738. The highest BCUT2D eigenvalue weighted by atomic mass is 32.1. The first-order valence-electron chi connectivity index (χ1n) is 11.0. The monoisotopic (exact) mass is 419 g/mol. The molecule has 3 fully saturated rings. The molecule has 0 bridgehead atoms. The Morgan fingerprint density at radius 1 is 1.28 bits per heavy atom. The van der Waals surface area contributed by atoms with Crippen LogP contribution in [0.1, 0.15) is 44.4 Å². The number of nitrogens with zero attached hydrogens (tertiary/aromatic N) is 2. The highest BCUT2D eigenvalue weighted by molar-refractivity contribution is 7.09. The Labute approximate surface area is 177 Å². The second-order valence-electron chi connectivity index (χ2n) is 9.00. The van der Waals surface area contributed by atoms with Gasteiger partial charge < -0.3 is 15.0 Å². The first-order valence-corrected chi connectivity index (χ1v) is 11.8. The van der Waals surface area contributed by atoms with Crippen molar-refractivity contribution in [3.05, 3.63) is 22.4 Å². The molecule has 1 N–H and O–H groups in total. The average molecular weight is 420 g/mol. The van der Waals surface area contributed by atoms with Gasteiger partial charge in [0.25, 0.3) is 0 Å². The minimum atomic E-state index is -0.0940. The van der Waals surface area contributed by atoms with Crippen molar-refractivity contribution in [2.45, 2.75) is 64.3 Å². The number of hydrogen-bond donors (Lipinski definition) is 1. The Morgan fingerprint density at radius 3 is 2.76 bits per heavy atom. The Kier molecular flexibility index (Phi) is 6.56. The zero-order chi connectivity index (χ0) is 20.4. The number of fused-ring (bicyclic) bond motifs is 1. The summed E-state index contributed by atoms with van der Waals surface area (Å²) in [4.78, 5) is 31.1. The third kappa shape index (κ3) is 4.84. The molecule has 0 aliphatic carbocycles. The largest absolute Gasteiger partial charge is 0.376 e. The average Bonchev–Trinajstić information content (AvgIpc) is 3.43. The van der Waals surface area contributed by atoms with Crippen molar-refractivity contribution in [3.63, 3.8) is 0 Å². The SMILES string of the molecule is CC(C)NC(=O)C[C@@H]1OC[C@@H]2[C@H]1[C@H](CC(=O)N1CCCC1)CN2Cc1cccs1. The van der Waals surface area contributed by atoms with Gasteiger partial charge >= 0.3 is 0 Å². The molecule has 0 spiro atoms. The molecule has 6 nitrogen and oxygen atoms in total. The fourth-order valence-electron chi connectivity index (χ4n) is 5.28. The predicted molar refractivity (Wildman–Crippen MR) is 114 cm³/mol. The maximum absolute atomic E-state index is 12.9. The Balaban J connectivity index is 1.46. The number of rotatable bonds is 7. The maximum atomic E-state index is 12.9. The van der Waals surface area contributed by atoms with Crippen molar-refractivity contribution in [2.24, 2.45) is 11.8 Å². The van der Waals surface area contributed by atoms with E-state index < -0.39 is 0 Å². The van der Waals surface area contributed by atoms with Gasteiger partial charge in [0.15, 0.2) is 0 Å². The summed E-state index contributed by atoms with van der Waals surface area (Å²) in [5.41, 5.74) is 0. The molecule has 4 atom stereocenters. The fraction of sp³-hybridized carbons (Fsp3) is 0.727. The molecule has 4 rings (SSSR count). The molecule has 2 amide bonds. The zero-order valence-electron chi connectivity index (χ0n) is 17.5. The highest BCUT2D eigenvalue weighted by Crippen LogP contribution is 2.42. The summed E-state index contributed by atoms with van der Waals surface area (Å²) >= 11 is 1.78. The van der Waals surface area contributed by atoms with Gasteiger partial charge in [0.2, 0.25) is 11.8 Å². The van der Waals surface area contributed by atoms with Crippen LogP contribution in [0.2, 0.25) is 0 Å². The Hall–Kier alpha value is -1.44. The molecule has 160 valence electrons. The first kappa shape index (κ1) is 20.8. The predicted octanol–water partition coefficient (Wildman–Crippen LogP) is 2.49. The maximum Gasteiger partial charge on any atom is 0.222 e. The summed E-state index contributed by atoms with van der Waals surface area (Å²) in [5.74, 6) is 0.834. The van der Waals surface area contributed by atoms with Crippen molar-refractivity contribution in [2.75, 3.05) is 26.2 Å². The molecule has 7 heteroatoms. The Bertz CT molecular complexity index is 702. The number of hydrogen-bond acceptors (Lipinski definition) is 5. The van der Waals surface area contributed by atoms with E-state index in [-0.39, 0.29) is 35.8 Å². The van der Waals surface area contributed by atoms with E-state index in [9.17, 15) is 9.59 Å². The lowest BCUT2D eigenvalue weighted by Crippen LogP contribution is -2.37. The van der Waals surface area contributed by atoms with Crippen LogP contribution in [0.5, 0.6) is 0 Å². The van der Waals surface area contributed by atoms with Crippen LogP contribution in [0.4, 0.5) is 0 Å². The van der Waals surface area contributed by atoms with Gasteiger partial charge in [-0.15, -0.1) is 11.3 Å². The van der Waals surface area contributed by atoms with Crippen LogP contribution in [0, 0.1) is 11.8 Å². The van der Waals surface area contributed by atoms with Crippen LogP contribution in [0.25, 0.3) is 0 Å².